The molecule has 2 saturated heterocycles. The highest BCUT2D eigenvalue weighted by atomic mass is 32.2. The first-order chi connectivity index (χ1) is 16.2. The Morgan fingerprint density at radius 2 is 1.97 bits per heavy atom. The highest BCUT2D eigenvalue weighted by Gasteiger charge is 2.50. The van der Waals surface area contributed by atoms with E-state index in [9.17, 15) is 12.8 Å². The second kappa shape index (κ2) is 9.71. The molecule has 5 rings (SSSR count). The average Bonchev–Trinajstić information content (AvgIpc) is 3.15. The number of oxazole rings is 1. The minimum absolute atomic E-state index is 0.0666. The van der Waals surface area contributed by atoms with Crippen molar-refractivity contribution in [1.29, 1.82) is 0 Å². The Kier molecular flexibility index (Phi) is 6.89. The Hall–Kier alpha value is -2.99. The van der Waals surface area contributed by atoms with Crippen LogP contribution in [0.2, 0.25) is 0 Å². The van der Waals surface area contributed by atoms with Crippen LogP contribution in [0.3, 0.4) is 0 Å². The van der Waals surface area contributed by atoms with Gasteiger partial charge in [0.2, 0.25) is 0 Å². The van der Waals surface area contributed by atoms with E-state index in [1.54, 1.807) is 24.3 Å². The van der Waals surface area contributed by atoms with Crippen molar-refractivity contribution in [3.8, 4) is 5.75 Å². The number of hydrogen-bond acceptors (Lipinski definition) is 8. The molecule has 0 atom stereocenters. The zero-order chi connectivity index (χ0) is 24.3. The lowest BCUT2D eigenvalue weighted by molar-refractivity contribution is -0.128. The van der Waals surface area contributed by atoms with E-state index in [1.165, 1.54) is 12.1 Å². The third-order valence-electron chi connectivity index (χ3n) is 5.65. The topological polar surface area (TPSA) is 128 Å². The lowest BCUT2D eigenvalue weighted by Gasteiger charge is -2.54. The molecule has 2 fully saturated rings. The number of ether oxygens (including phenoxy) is 2. The summed E-state index contributed by atoms with van der Waals surface area (Å²) in [6.07, 6.45) is 0.481. The summed E-state index contributed by atoms with van der Waals surface area (Å²) in [5, 5.41) is 0. The fourth-order valence-corrected chi connectivity index (χ4v) is 4.09. The quantitative estimate of drug-likeness (QED) is 0.500. The lowest BCUT2D eigenvalue weighted by atomic mass is 9.78. The van der Waals surface area contributed by atoms with Gasteiger partial charge in [-0.1, -0.05) is 17.7 Å². The zero-order valence-corrected chi connectivity index (χ0v) is 19.4. The maximum atomic E-state index is 12.5. The summed E-state index contributed by atoms with van der Waals surface area (Å²) in [5.41, 5.74) is 8.50. The van der Waals surface area contributed by atoms with Crippen molar-refractivity contribution in [2.75, 3.05) is 44.4 Å². The van der Waals surface area contributed by atoms with Crippen LogP contribution in [0, 0.1) is 12.3 Å². The maximum Gasteiger partial charge on any atom is 0.298 e. The first-order valence-electron chi connectivity index (χ1n) is 10.6. The Bertz CT molecular complexity index is 1280. The smallest absolute Gasteiger partial charge is 0.298 e. The molecule has 3 aromatic rings. The van der Waals surface area contributed by atoms with Gasteiger partial charge in [0, 0.05) is 31.3 Å². The third-order valence-corrected chi connectivity index (χ3v) is 6.52. The Morgan fingerprint density at radius 1 is 1.26 bits per heavy atom. The second-order valence-corrected chi connectivity index (χ2v) is 9.94. The van der Waals surface area contributed by atoms with E-state index in [2.05, 4.69) is 9.88 Å². The van der Waals surface area contributed by atoms with Gasteiger partial charge in [-0.25, -0.2) is 4.39 Å². The molecule has 182 valence electrons. The molecule has 34 heavy (non-hydrogen) atoms. The average molecular weight is 492 g/mol. The predicted molar refractivity (Wildman–Crippen MR) is 124 cm³/mol. The van der Waals surface area contributed by atoms with Crippen LogP contribution in [0.15, 0.2) is 63.7 Å². The van der Waals surface area contributed by atoms with Gasteiger partial charge in [0.05, 0.1) is 29.9 Å². The number of anilines is 1. The molecule has 9 nitrogen and oxygen atoms in total. The predicted octanol–water partition coefficient (Wildman–Crippen LogP) is 3.10. The molecular weight excluding hydrogens is 465 g/mol. The van der Waals surface area contributed by atoms with Gasteiger partial charge in [0.1, 0.15) is 17.9 Å². The van der Waals surface area contributed by atoms with Gasteiger partial charge >= 0.3 is 0 Å². The van der Waals surface area contributed by atoms with Gasteiger partial charge < -0.3 is 24.5 Å². The lowest BCUT2D eigenvalue weighted by Crippen LogP contribution is -2.66. The van der Waals surface area contributed by atoms with E-state index >= 15 is 0 Å². The Labute approximate surface area is 196 Å². The number of aromatic nitrogens is 1. The third kappa shape index (κ3) is 5.39. The number of halogens is 1. The van der Waals surface area contributed by atoms with Gasteiger partial charge in [0.25, 0.3) is 16.1 Å². The summed E-state index contributed by atoms with van der Waals surface area (Å²) in [4.78, 5) is 6.54. The van der Waals surface area contributed by atoms with Crippen molar-refractivity contribution < 1.29 is 31.3 Å². The van der Waals surface area contributed by atoms with E-state index < -0.39 is 10.1 Å². The SMILES string of the molecule is Cc1ccc(S(=O)(=O)O)cc1.NC/C(=C\F)COc1ccc2nc(N3CC4(COC4)C3)oc2c1. The van der Waals surface area contributed by atoms with Crippen LogP contribution < -0.4 is 15.4 Å². The van der Waals surface area contributed by atoms with Crippen molar-refractivity contribution in [3.05, 3.63) is 59.9 Å². The molecule has 2 aliphatic heterocycles. The van der Waals surface area contributed by atoms with Crippen LogP contribution >= 0.6 is 0 Å². The highest BCUT2D eigenvalue weighted by molar-refractivity contribution is 7.85. The first-order valence-corrected chi connectivity index (χ1v) is 12.0. The Balaban J connectivity index is 0.000000210. The summed E-state index contributed by atoms with van der Waals surface area (Å²) in [5.74, 6) is 0.598. The molecule has 1 spiro atoms. The summed E-state index contributed by atoms with van der Waals surface area (Å²) in [6.45, 7) is 5.59. The molecule has 0 amide bonds. The summed E-state index contributed by atoms with van der Waals surface area (Å²) < 4.78 is 58.6. The largest absolute Gasteiger partial charge is 0.489 e. The van der Waals surface area contributed by atoms with Crippen molar-refractivity contribution in [2.24, 2.45) is 11.1 Å². The number of aryl methyl sites for hydroxylation is 1. The zero-order valence-electron chi connectivity index (χ0n) is 18.6. The minimum Gasteiger partial charge on any atom is -0.489 e. The molecule has 3 N–H and O–H groups in total. The summed E-state index contributed by atoms with van der Waals surface area (Å²) in [6, 6.07) is 12.0. The molecule has 3 heterocycles. The molecule has 1 aromatic heterocycles. The molecule has 2 aliphatic rings. The fraction of sp³-hybridized carbons (Fsp3) is 0.348. The number of nitrogens with zero attached hydrogens (tertiary/aromatic N) is 2. The normalized spacial score (nSPS) is 17.1. The van der Waals surface area contributed by atoms with Crippen LogP contribution in [0.4, 0.5) is 10.4 Å². The first kappa shape index (κ1) is 24.1. The molecule has 11 heteroatoms. The molecule has 0 unspecified atom stereocenters. The van der Waals surface area contributed by atoms with Crippen LogP contribution in [-0.2, 0) is 14.9 Å². The molecule has 0 radical (unpaired) electrons. The molecule has 0 saturated carbocycles. The van der Waals surface area contributed by atoms with Crippen LogP contribution in [0.25, 0.3) is 11.1 Å². The summed E-state index contributed by atoms with van der Waals surface area (Å²) in [7, 11) is -4.02. The van der Waals surface area contributed by atoms with Crippen molar-refractivity contribution in [2.45, 2.75) is 11.8 Å². The van der Waals surface area contributed by atoms with E-state index in [4.69, 9.17) is 24.2 Å². The molecular formula is C23H26FN3O6S. The van der Waals surface area contributed by atoms with E-state index in [0.717, 1.165) is 37.4 Å². The second-order valence-electron chi connectivity index (χ2n) is 8.52. The van der Waals surface area contributed by atoms with Gasteiger partial charge in [0.15, 0.2) is 5.58 Å². The van der Waals surface area contributed by atoms with E-state index in [0.29, 0.717) is 34.7 Å². The molecule has 2 aromatic carbocycles. The number of rotatable bonds is 6. The van der Waals surface area contributed by atoms with Gasteiger partial charge in [-0.2, -0.15) is 13.4 Å². The van der Waals surface area contributed by atoms with Crippen LogP contribution in [0.5, 0.6) is 5.75 Å². The van der Waals surface area contributed by atoms with Crippen LogP contribution in [-0.4, -0.2) is 57.4 Å². The number of benzene rings is 2. The molecule has 0 aliphatic carbocycles. The number of hydrogen-bond donors (Lipinski definition) is 2. The van der Waals surface area contributed by atoms with Crippen molar-refractivity contribution >= 4 is 27.2 Å². The van der Waals surface area contributed by atoms with Gasteiger partial charge in [-0.3, -0.25) is 4.55 Å². The fourth-order valence-electron chi connectivity index (χ4n) is 3.61. The number of fused-ring (bicyclic) bond motifs is 1. The minimum atomic E-state index is -4.02. The van der Waals surface area contributed by atoms with E-state index in [1.807, 2.05) is 13.0 Å². The summed E-state index contributed by atoms with van der Waals surface area (Å²) >= 11 is 0. The van der Waals surface area contributed by atoms with Crippen molar-refractivity contribution in [3.63, 3.8) is 0 Å². The highest BCUT2D eigenvalue weighted by Crippen LogP contribution is 2.40. The van der Waals surface area contributed by atoms with Gasteiger partial charge in [-0.05, 0) is 31.2 Å². The standard InChI is InChI=1S/C16H18FN3O3.C7H8O3S/c17-4-11(5-18)6-22-12-1-2-13-14(3-12)23-15(19-13)20-7-16(8-20)9-21-10-16;1-6-2-4-7(5-3-6)11(8,9)10/h1-4H,5-10,18H2;2-5H,1H3,(H,8,9,10)/b11-4+;. The van der Waals surface area contributed by atoms with E-state index in [-0.39, 0.29) is 18.0 Å². The maximum absolute atomic E-state index is 12.5. The monoisotopic (exact) mass is 491 g/mol. The van der Waals surface area contributed by atoms with Gasteiger partial charge in [-0.15, -0.1) is 0 Å². The number of nitrogens with two attached hydrogens (primary N) is 1. The molecule has 0 bridgehead atoms. The van der Waals surface area contributed by atoms with Crippen molar-refractivity contribution in [1.82, 2.24) is 4.98 Å². The van der Waals surface area contributed by atoms with Crippen LogP contribution in [0.1, 0.15) is 5.56 Å². The Morgan fingerprint density at radius 3 is 2.53 bits per heavy atom.